The Labute approximate surface area is 134 Å². The first-order valence-electron chi connectivity index (χ1n) is 7.17. The molecule has 0 bridgehead atoms. The Morgan fingerprint density at radius 1 is 1.00 bits per heavy atom. The van der Waals surface area contributed by atoms with Gasteiger partial charge < -0.3 is 20.1 Å². The summed E-state index contributed by atoms with van der Waals surface area (Å²) >= 11 is 0. The van der Waals surface area contributed by atoms with Crippen LogP contribution in [0.5, 0.6) is 0 Å². The van der Waals surface area contributed by atoms with E-state index in [-0.39, 0.29) is 24.7 Å². The predicted octanol–water partition coefficient (Wildman–Crippen LogP) is 2.07. The quantitative estimate of drug-likeness (QED) is 0.346. The van der Waals surface area contributed by atoms with Gasteiger partial charge in [0.2, 0.25) is 5.91 Å². The Morgan fingerprint density at radius 2 is 1.52 bits per heavy atom. The van der Waals surface area contributed by atoms with Crippen LogP contribution in [0.15, 0.2) is 36.0 Å². The first-order valence-corrected chi connectivity index (χ1v) is 7.17. The number of para-hydroxylation sites is 2. The number of anilines is 2. The van der Waals surface area contributed by atoms with Crippen LogP contribution in [0.4, 0.5) is 11.4 Å². The minimum atomic E-state index is -0.782. The largest absolute Gasteiger partial charge is 0.462 e. The molecule has 0 aromatic heterocycles. The molecule has 23 heavy (non-hydrogen) atoms. The topological polar surface area (TPSA) is 93.7 Å². The van der Waals surface area contributed by atoms with E-state index < -0.39 is 11.9 Å². The van der Waals surface area contributed by atoms with Crippen LogP contribution < -0.4 is 10.6 Å². The van der Waals surface area contributed by atoms with Gasteiger partial charge in [0.1, 0.15) is 0 Å². The summed E-state index contributed by atoms with van der Waals surface area (Å²) in [4.78, 5) is 34.9. The minimum Gasteiger partial charge on any atom is -0.462 e. The van der Waals surface area contributed by atoms with Gasteiger partial charge in [-0.1, -0.05) is 12.1 Å². The monoisotopic (exact) mass is 320 g/mol. The molecule has 0 aliphatic heterocycles. The van der Waals surface area contributed by atoms with Crippen LogP contribution in [0.1, 0.15) is 20.8 Å². The lowest BCUT2D eigenvalue weighted by Gasteiger charge is -2.11. The molecule has 0 saturated carbocycles. The lowest BCUT2D eigenvalue weighted by molar-refractivity contribution is -0.146. The molecule has 0 spiro atoms. The molecule has 124 valence electrons. The van der Waals surface area contributed by atoms with Gasteiger partial charge in [0, 0.05) is 13.1 Å². The Morgan fingerprint density at radius 3 is 2.00 bits per heavy atom. The van der Waals surface area contributed by atoms with Gasteiger partial charge in [-0.15, -0.1) is 0 Å². The van der Waals surface area contributed by atoms with Crippen molar-refractivity contribution in [2.75, 3.05) is 23.8 Å². The van der Waals surface area contributed by atoms with Gasteiger partial charge in [-0.05, 0) is 26.0 Å². The van der Waals surface area contributed by atoms with Gasteiger partial charge in [-0.25, -0.2) is 9.59 Å². The van der Waals surface area contributed by atoms with E-state index in [2.05, 4.69) is 10.6 Å². The Balaban J connectivity index is 3.02. The lowest BCUT2D eigenvalue weighted by atomic mass is 10.2. The molecule has 7 heteroatoms. The molecular weight excluding hydrogens is 300 g/mol. The van der Waals surface area contributed by atoms with E-state index in [0.29, 0.717) is 11.4 Å². The van der Waals surface area contributed by atoms with E-state index in [9.17, 15) is 14.4 Å². The van der Waals surface area contributed by atoms with Gasteiger partial charge in [0.05, 0.1) is 24.6 Å². The van der Waals surface area contributed by atoms with Gasteiger partial charge >= 0.3 is 11.9 Å². The Hall–Kier alpha value is -2.83. The summed E-state index contributed by atoms with van der Waals surface area (Å²) in [5.74, 6) is -1.80. The summed E-state index contributed by atoms with van der Waals surface area (Å²) in [6.45, 7) is 4.94. The summed E-state index contributed by atoms with van der Waals surface area (Å²) < 4.78 is 9.67. The third-order valence-corrected chi connectivity index (χ3v) is 2.60. The van der Waals surface area contributed by atoms with Crippen molar-refractivity contribution in [2.45, 2.75) is 20.8 Å². The normalized spacial score (nSPS) is 9.52. The molecule has 0 heterocycles. The summed E-state index contributed by atoms with van der Waals surface area (Å²) in [5.41, 5.74) is 0.781. The highest BCUT2D eigenvalue weighted by molar-refractivity contribution is 6.14. The highest BCUT2D eigenvalue weighted by atomic mass is 16.6. The smallest absolute Gasteiger partial charge is 0.347 e. The zero-order valence-corrected chi connectivity index (χ0v) is 13.3. The van der Waals surface area contributed by atoms with Crippen molar-refractivity contribution in [3.8, 4) is 0 Å². The van der Waals surface area contributed by atoms with Gasteiger partial charge in [-0.2, -0.15) is 0 Å². The highest BCUT2D eigenvalue weighted by Crippen LogP contribution is 2.21. The fraction of sp³-hybridized carbons (Fsp3) is 0.312. The van der Waals surface area contributed by atoms with Gasteiger partial charge in [0.15, 0.2) is 5.57 Å². The van der Waals surface area contributed by atoms with E-state index in [1.807, 2.05) is 0 Å². The molecule has 0 fully saturated rings. The first kappa shape index (κ1) is 18.2. The number of hydrogen-bond acceptors (Lipinski definition) is 6. The third-order valence-electron chi connectivity index (χ3n) is 2.60. The zero-order chi connectivity index (χ0) is 17.2. The summed E-state index contributed by atoms with van der Waals surface area (Å²) in [5, 5.41) is 5.46. The molecule has 0 aliphatic carbocycles. The molecule has 0 aliphatic rings. The summed E-state index contributed by atoms with van der Waals surface area (Å²) in [6.07, 6.45) is 1.20. The number of esters is 2. The van der Waals surface area contributed by atoms with E-state index >= 15 is 0 Å². The number of carbonyl (C=O) groups excluding carboxylic acids is 3. The van der Waals surface area contributed by atoms with E-state index in [1.165, 1.54) is 13.1 Å². The average molecular weight is 320 g/mol. The molecule has 1 aromatic rings. The zero-order valence-electron chi connectivity index (χ0n) is 13.3. The number of nitrogens with one attached hydrogen (secondary N) is 2. The van der Waals surface area contributed by atoms with Crippen LogP contribution in [0.3, 0.4) is 0 Å². The Kier molecular flexibility index (Phi) is 7.32. The van der Waals surface area contributed by atoms with E-state index in [4.69, 9.17) is 9.47 Å². The molecule has 0 saturated heterocycles. The molecule has 1 amide bonds. The standard InChI is InChI=1S/C16H20N2O5/c1-4-22-15(20)12(16(21)23-5-2)10-17-13-8-6-7-9-14(13)18-11(3)19/h6-10,17H,4-5H2,1-3H3,(H,18,19). The summed E-state index contributed by atoms with van der Waals surface area (Å²) in [6, 6.07) is 6.87. The lowest BCUT2D eigenvalue weighted by Crippen LogP contribution is -2.19. The van der Waals surface area contributed by atoms with E-state index in [0.717, 1.165) is 0 Å². The summed E-state index contributed by atoms with van der Waals surface area (Å²) in [7, 11) is 0. The molecule has 1 aromatic carbocycles. The van der Waals surface area contributed by atoms with Crippen LogP contribution in [0.25, 0.3) is 0 Å². The van der Waals surface area contributed by atoms with Crippen molar-refractivity contribution in [1.82, 2.24) is 0 Å². The molecular formula is C16H20N2O5. The predicted molar refractivity (Wildman–Crippen MR) is 85.7 cm³/mol. The molecule has 0 radical (unpaired) electrons. The SMILES string of the molecule is CCOC(=O)C(=CNc1ccccc1NC(C)=O)C(=O)OCC. The number of benzene rings is 1. The van der Waals surface area contributed by atoms with Crippen LogP contribution >= 0.6 is 0 Å². The molecule has 0 unspecified atom stereocenters. The van der Waals surface area contributed by atoms with Crippen molar-refractivity contribution in [2.24, 2.45) is 0 Å². The second kappa shape index (κ2) is 9.24. The van der Waals surface area contributed by atoms with Crippen LogP contribution in [-0.2, 0) is 23.9 Å². The maximum absolute atomic E-state index is 11.8. The highest BCUT2D eigenvalue weighted by Gasteiger charge is 2.21. The second-order valence-corrected chi connectivity index (χ2v) is 4.37. The maximum Gasteiger partial charge on any atom is 0.347 e. The van der Waals surface area contributed by atoms with Crippen molar-refractivity contribution in [1.29, 1.82) is 0 Å². The molecule has 1 rings (SSSR count). The number of ether oxygens (including phenoxy) is 2. The van der Waals surface area contributed by atoms with Gasteiger partial charge in [0.25, 0.3) is 0 Å². The average Bonchev–Trinajstić information content (AvgIpc) is 2.49. The van der Waals surface area contributed by atoms with Gasteiger partial charge in [-0.3, -0.25) is 4.79 Å². The number of carbonyl (C=O) groups is 3. The molecule has 2 N–H and O–H groups in total. The Bertz CT molecular complexity index is 590. The molecule has 7 nitrogen and oxygen atoms in total. The number of hydrogen-bond donors (Lipinski definition) is 2. The van der Waals surface area contributed by atoms with Crippen LogP contribution in [-0.4, -0.2) is 31.1 Å². The van der Waals surface area contributed by atoms with E-state index in [1.54, 1.807) is 38.1 Å². The minimum absolute atomic E-state index is 0.137. The van der Waals surface area contributed by atoms with Crippen molar-refractivity contribution < 1.29 is 23.9 Å². The van der Waals surface area contributed by atoms with Crippen LogP contribution in [0, 0.1) is 0 Å². The third kappa shape index (κ3) is 5.82. The fourth-order valence-electron chi connectivity index (χ4n) is 1.68. The van der Waals surface area contributed by atoms with Crippen LogP contribution in [0.2, 0.25) is 0 Å². The maximum atomic E-state index is 11.8. The number of rotatable bonds is 7. The van der Waals surface area contributed by atoms with Crippen molar-refractivity contribution >= 4 is 29.2 Å². The molecule has 0 atom stereocenters. The second-order valence-electron chi connectivity index (χ2n) is 4.37. The number of amides is 1. The fourth-order valence-corrected chi connectivity index (χ4v) is 1.68. The van der Waals surface area contributed by atoms with Crippen molar-refractivity contribution in [3.63, 3.8) is 0 Å². The van der Waals surface area contributed by atoms with Crippen molar-refractivity contribution in [3.05, 3.63) is 36.0 Å². The first-order chi connectivity index (χ1) is 11.0.